The zero-order valence-electron chi connectivity index (χ0n) is 17.1. The van der Waals surface area contributed by atoms with Crippen LogP contribution in [-0.2, 0) is 0 Å². The fourth-order valence-corrected chi connectivity index (χ4v) is 2.90. The number of unbranched alkanes of at least 4 members (excludes halogenated alkanes) is 1. The van der Waals surface area contributed by atoms with E-state index in [1.165, 1.54) is 5.69 Å². The molecule has 0 saturated carbocycles. The molecule has 1 aromatic heterocycles. The van der Waals surface area contributed by atoms with E-state index in [-0.39, 0.29) is 5.91 Å². The predicted octanol–water partition coefficient (Wildman–Crippen LogP) is 4.25. The Hall–Kier alpha value is -2.63. The molecule has 2 aromatic rings. The molecule has 2 rings (SSSR count). The predicted molar refractivity (Wildman–Crippen MR) is 112 cm³/mol. The second kappa shape index (κ2) is 9.90. The van der Waals surface area contributed by atoms with Crippen LogP contribution < -0.4 is 10.2 Å². The van der Waals surface area contributed by atoms with Crippen molar-refractivity contribution >= 4 is 23.2 Å². The average molecular weight is 370 g/mol. The van der Waals surface area contributed by atoms with E-state index in [1.54, 1.807) is 11.0 Å². The van der Waals surface area contributed by atoms with E-state index in [1.807, 2.05) is 26.1 Å². The van der Waals surface area contributed by atoms with Crippen molar-refractivity contribution in [2.45, 2.75) is 40.5 Å². The lowest BCUT2D eigenvalue weighted by Gasteiger charge is -2.21. The van der Waals surface area contributed by atoms with Gasteiger partial charge in [-0.2, -0.15) is 0 Å². The van der Waals surface area contributed by atoms with Crippen molar-refractivity contribution in [2.24, 2.45) is 0 Å². The molecule has 6 nitrogen and oxygen atoms in total. The van der Waals surface area contributed by atoms with Crippen LogP contribution in [0.2, 0.25) is 0 Å². The zero-order chi connectivity index (χ0) is 19.8. The Morgan fingerprint density at radius 2 is 1.74 bits per heavy atom. The van der Waals surface area contributed by atoms with E-state index in [4.69, 9.17) is 0 Å². The summed E-state index contributed by atoms with van der Waals surface area (Å²) in [5.74, 6) is 0.367. The van der Waals surface area contributed by atoms with Crippen molar-refractivity contribution in [3.05, 3.63) is 41.7 Å². The van der Waals surface area contributed by atoms with Crippen LogP contribution in [0.25, 0.3) is 0 Å². The van der Waals surface area contributed by atoms with Gasteiger partial charge in [-0.3, -0.25) is 4.79 Å². The number of aryl methyl sites for hydroxylation is 1. The molecule has 0 unspecified atom stereocenters. The van der Waals surface area contributed by atoms with Crippen LogP contribution in [0.5, 0.6) is 0 Å². The fraction of sp³-hybridized carbons (Fsp3) is 0.476. The van der Waals surface area contributed by atoms with Gasteiger partial charge in [-0.15, -0.1) is 0 Å². The molecule has 0 aliphatic heterocycles. The zero-order valence-corrected chi connectivity index (χ0v) is 17.1. The molecule has 0 fully saturated rings. The molecule has 1 aromatic carbocycles. The molecule has 1 amide bonds. The van der Waals surface area contributed by atoms with Gasteiger partial charge in [0.25, 0.3) is 5.91 Å². The van der Waals surface area contributed by atoms with E-state index >= 15 is 0 Å². The molecule has 0 aliphatic rings. The quantitative estimate of drug-likeness (QED) is 0.716. The van der Waals surface area contributed by atoms with Gasteiger partial charge in [0.05, 0.1) is 0 Å². The number of aromatic nitrogens is 2. The van der Waals surface area contributed by atoms with Gasteiger partial charge in [-0.1, -0.05) is 13.3 Å². The minimum Gasteiger partial charge on any atom is -0.372 e. The summed E-state index contributed by atoms with van der Waals surface area (Å²) in [5, 5.41) is 3.21. The molecule has 27 heavy (non-hydrogen) atoms. The Labute approximate surface area is 162 Å². The molecule has 1 N–H and O–H groups in total. The summed E-state index contributed by atoms with van der Waals surface area (Å²) in [6.45, 7) is 11.0. The lowest BCUT2D eigenvalue weighted by atomic mass is 10.2. The first-order valence-corrected chi connectivity index (χ1v) is 9.71. The fourth-order valence-electron chi connectivity index (χ4n) is 2.90. The van der Waals surface area contributed by atoms with Gasteiger partial charge in [0.1, 0.15) is 5.69 Å². The van der Waals surface area contributed by atoms with Crippen LogP contribution in [0.4, 0.5) is 17.3 Å². The minimum atomic E-state index is -0.0751. The Balaban J connectivity index is 2.15. The number of nitrogens with one attached hydrogen (secondary N) is 1. The van der Waals surface area contributed by atoms with Crippen LogP contribution in [0, 0.1) is 6.92 Å². The number of rotatable bonds is 9. The number of benzene rings is 1. The van der Waals surface area contributed by atoms with Gasteiger partial charge in [0.2, 0.25) is 5.95 Å². The molecule has 0 saturated heterocycles. The van der Waals surface area contributed by atoms with Crippen LogP contribution >= 0.6 is 0 Å². The molecule has 0 bridgehead atoms. The van der Waals surface area contributed by atoms with E-state index in [9.17, 15) is 4.79 Å². The highest BCUT2D eigenvalue weighted by Crippen LogP contribution is 2.20. The summed E-state index contributed by atoms with van der Waals surface area (Å²) >= 11 is 0. The average Bonchev–Trinajstić information content (AvgIpc) is 2.67. The third kappa shape index (κ3) is 5.67. The number of carbonyl (C=O) groups excluding carboxylic acids is 1. The summed E-state index contributed by atoms with van der Waals surface area (Å²) in [5.41, 5.74) is 3.27. The Kier molecular flexibility index (Phi) is 7.58. The standard InChI is InChI=1S/C21H31N5O/c1-6-9-14-25(5)20(27)19-15-16(4)22-21(24-19)23-17-10-12-18(13-11-17)26(7-2)8-3/h10-13,15H,6-9,14H2,1-5H3,(H,22,23,24). The number of hydrogen-bond acceptors (Lipinski definition) is 5. The summed E-state index contributed by atoms with van der Waals surface area (Å²) in [7, 11) is 1.81. The monoisotopic (exact) mass is 369 g/mol. The van der Waals surface area contributed by atoms with Crippen molar-refractivity contribution < 1.29 is 4.79 Å². The van der Waals surface area contributed by atoms with Gasteiger partial charge < -0.3 is 15.1 Å². The maximum absolute atomic E-state index is 12.6. The third-order valence-corrected chi connectivity index (χ3v) is 4.52. The van der Waals surface area contributed by atoms with Crippen molar-refractivity contribution in [3.8, 4) is 0 Å². The summed E-state index contributed by atoms with van der Waals surface area (Å²) in [6.07, 6.45) is 2.03. The second-order valence-corrected chi connectivity index (χ2v) is 6.64. The van der Waals surface area contributed by atoms with Gasteiger partial charge in [0.15, 0.2) is 0 Å². The second-order valence-electron chi connectivity index (χ2n) is 6.64. The number of anilines is 3. The third-order valence-electron chi connectivity index (χ3n) is 4.52. The lowest BCUT2D eigenvalue weighted by molar-refractivity contribution is 0.0787. The SMILES string of the molecule is CCCCN(C)C(=O)c1cc(C)nc(Nc2ccc(N(CC)CC)cc2)n1. The first kappa shape index (κ1) is 20.7. The molecule has 0 atom stereocenters. The smallest absolute Gasteiger partial charge is 0.272 e. The Morgan fingerprint density at radius 3 is 2.33 bits per heavy atom. The molecule has 1 heterocycles. The maximum Gasteiger partial charge on any atom is 0.272 e. The van der Waals surface area contributed by atoms with Crippen LogP contribution in [0.3, 0.4) is 0 Å². The van der Waals surface area contributed by atoms with Crippen LogP contribution in [0.1, 0.15) is 49.8 Å². The highest BCUT2D eigenvalue weighted by molar-refractivity contribution is 5.92. The van der Waals surface area contributed by atoms with Crippen LogP contribution in [-0.4, -0.2) is 47.5 Å². The van der Waals surface area contributed by atoms with Crippen molar-refractivity contribution in [3.63, 3.8) is 0 Å². The molecular weight excluding hydrogens is 338 g/mol. The van der Waals surface area contributed by atoms with Crippen LogP contribution in [0.15, 0.2) is 30.3 Å². The van der Waals surface area contributed by atoms with Gasteiger partial charge >= 0.3 is 0 Å². The largest absolute Gasteiger partial charge is 0.372 e. The molecular formula is C21H31N5O. The van der Waals surface area contributed by atoms with E-state index in [0.717, 1.165) is 43.9 Å². The highest BCUT2D eigenvalue weighted by Gasteiger charge is 2.15. The first-order chi connectivity index (χ1) is 13.0. The summed E-state index contributed by atoms with van der Waals surface area (Å²) < 4.78 is 0. The Morgan fingerprint density at radius 1 is 1.07 bits per heavy atom. The Bertz CT molecular complexity index is 741. The van der Waals surface area contributed by atoms with Gasteiger partial charge in [-0.25, -0.2) is 9.97 Å². The van der Waals surface area contributed by atoms with Crippen molar-refractivity contribution in [1.29, 1.82) is 0 Å². The lowest BCUT2D eigenvalue weighted by Crippen LogP contribution is -2.28. The van der Waals surface area contributed by atoms with Gasteiger partial charge in [-0.05, 0) is 57.5 Å². The number of carbonyl (C=O) groups is 1. The van der Waals surface area contributed by atoms with E-state index in [2.05, 4.69) is 53.1 Å². The number of nitrogens with zero attached hydrogens (tertiary/aromatic N) is 4. The maximum atomic E-state index is 12.6. The molecule has 146 valence electrons. The summed E-state index contributed by atoms with van der Waals surface area (Å²) in [4.78, 5) is 25.4. The molecule has 0 radical (unpaired) electrons. The number of amides is 1. The topological polar surface area (TPSA) is 61.4 Å². The van der Waals surface area contributed by atoms with E-state index < -0.39 is 0 Å². The molecule has 6 heteroatoms. The molecule has 0 spiro atoms. The van der Waals surface area contributed by atoms with Crippen molar-refractivity contribution in [1.82, 2.24) is 14.9 Å². The van der Waals surface area contributed by atoms with Gasteiger partial charge in [0, 0.05) is 43.8 Å². The first-order valence-electron chi connectivity index (χ1n) is 9.71. The normalized spacial score (nSPS) is 10.6. The number of hydrogen-bond donors (Lipinski definition) is 1. The minimum absolute atomic E-state index is 0.0751. The van der Waals surface area contributed by atoms with E-state index in [0.29, 0.717) is 11.6 Å². The van der Waals surface area contributed by atoms with Crippen molar-refractivity contribution in [2.75, 3.05) is 36.9 Å². The highest BCUT2D eigenvalue weighted by atomic mass is 16.2. The summed E-state index contributed by atoms with van der Waals surface area (Å²) in [6, 6.07) is 9.91. The molecule has 0 aliphatic carbocycles.